The van der Waals surface area contributed by atoms with E-state index in [1.807, 2.05) is 12.1 Å². The third kappa shape index (κ3) is 2.67. The second-order valence-electron chi connectivity index (χ2n) is 4.86. The molecule has 2 aromatic rings. The van der Waals surface area contributed by atoms with Gasteiger partial charge in [0.05, 0.1) is 26.4 Å². The Kier molecular flexibility index (Phi) is 3.47. The predicted octanol–water partition coefficient (Wildman–Crippen LogP) is 0.727. The number of likely N-dealkylation sites (tertiary alicyclic amines) is 1. The normalized spacial score (nSPS) is 14.7. The van der Waals surface area contributed by atoms with E-state index >= 15 is 0 Å². The third-order valence-corrected chi connectivity index (χ3v) is 3.29. The number of carbonyl (C=O) groups is 1. The van der Waals surface area contributed by atoms with Crippen LogP contribution >= 0.6 is 0 Å². The first kappa shape index (κ1) is 13.4. The largest absolute Gasteiger partial charge is 0.485 e. The van der Waals surface area contributed by atoms with Crippen molar-refractivity contribution in [2.45, 2.75) is 6.10 Å². The van der Waals surface area contributed by atoms with Gasteiger partial charge in [-0.05, 0) is 12.1 Å². The molecular weight excluding hydrogens is 272 g/mol. The summed E-state index contributed by atoms with van der Waals surface area (Å²) in [5.74, 6) is 0.971. The lowest BCUT2D eigenvalue weighted by molar-refractivity contribution is 0.0174. The predicted molar refractivity (Wildman–Crippen MR) is 74.3 cm³/mol. The van der Waals surface area contributed by atoms with Gasteiger partial charge in [0.2, 0.25) is 5.88 Å². The van der Waals surface area contributed by atoms with Crippen molar-refractivity contribution in [2.75, 3.05) is 20.2 Å². The fraction of sp³-hybridized carbons (Fsp3) is 0.357. The monoisotopic (exact) mass is 288 g/mol. The fourth-order valence-electron chi connectivity index (χ4n) is 2.22. The van der Waals surface area contributed by atoms with E-state index in [9.17, 15) is 4.79 Å². The summed E-state index contributed by atoms with van der Waals surface area (Å²) in [6.07, 6.45) is 5.02. The number of ether oxygens (including phenoxy) is 2. The van der Waals surface area contributed by atoms with Crippen molar-refractivity contribution >= 4 is 5.91 Å². The number of rotatable bonds is 4. The van der Waals surface area contributed by atoms with E-state index in [1.54, 1.807) is 35.2 Å². The highest BCUT2D eigenvalue weighted by Gasteiger charge is 2.34. The van der Waals surface area contributed by atoms with E-state index in [4.69, 9.17) is 9.47 Å². The number of nitrogens with zero attached hydrogens (tertiary/aromatic N) is 4. The summed E-state index contributed by atoms with van der Waals surface area (Å²) in [6.45, 7) is 1.09. The lowest BCUT2D eigenvalue weighted by Crippen LogP contribution is -2.56. The number of aryl methyl sites for hydroxylation is 1. The number of amides is 1. The van der Waals surface area contributed by atoms with Gasteiger partial charge in [0.15, 0.2) is 0 Å². The van der Waals surface area contributed by atoms with E-state index in [-0.39, 0.29) is 12.0 Å². The molecule has 1 saturated heterocycles. The summed E-state index contributed by atoms with van der Waals surface area (Å²) in [5.41, 5.74) is 0.472. The molecule has 110 valence electrons. The zero-order valence-electron chi connectivity index (χ0n) is 11.9. The molecule has 0 N–H and O–H groups in total. The minimum absolute atomic E-state index is 0.000756. The van der Waals surface area contributed by atoms with Crippen molar-refractivity contribution in [3.8, 4) is 11.6 Å². The molecule has 1 fully saturated rings. The molecule has 0 radical (unpaired) electrons. The van der Waals surface area contributed by atoms with Crippen molar-refractivity contribution in [1.29, 1.82) is 0 Å². The summed E-state index contributed by atoms with van der Waals surface area (Å²) < 4.78 is 12.4. The topological polar surface area (TPSA) is 69.5 Å². The Hall–Kier alpha value is -2.57. The second kappa shape index (κ2) is 5.43. The summed E-state index contributed by atoms with van der Waals surface area (Å²) in [5, 5.41) is 4.09. The SMILES string of the molecule is COc1nn(C)cc1C(=O)N1CC(Oc2cccnc2)C1. The number of methoxy groups -OCH3 is 1. The van der Waals surface area contributed by atoms with Gasteiger partial charge in [-0.3, -0.25) is 14.5 Å². The van der Waals surface area contributed by atoms with Crippen LogP contribution in [0.25, 0.3) is 0 Å². The highest BCUT2D eigenvalue weighted by Crippen LogP contribution is 2.22. The molecular formula is C14H16N4O3. The molecule has 1 aliphatic heterocycles. The first-order valence-electron chi connectivity index (χ1n) is 6.61. The van der Waals surface area contributed by atoms with Crippen LogP contribution in [-0.4, -0.2) is 51.9 Å². The van der Waals surface area contributed by atoms with E-state index in [2.05, 4.69) is 10.1 Å². The highest BCUT2D eigenvalue weighted by molar-refractivity contribution is 5.96. The Morgan fingerprint density at radius 3 is 2.90 bits per heavy atom. The third-order valence-electron chi connectivity index (χ3n) is 3.29. The molecule has 2 aromatic heterocycles. The van der Waals surface area contributed by atoms with Crippen LogP contribution in [0, 0.1) is 0 Å². The molecule has 7 heteroatoms. The molecule has 1 aliphatic rings. The van der Waals surface area contributed by atoms with Gasteiger partial charge in [0.1, 0.15) is 17.4 Å². The maximum Gasteiger partial charge on any atom is 0.261 e. The summed E-state index contributed by atoms with van der Waals surface area (Å²) >= 11 is 0. The Morgan fingerprint density at radius 2 is 2.24 bits per heavy atom. The minimum Gasteiger partial charge on any atom is -0.485 e. The molecule has 3 heterocycles. The Balaban J connectivity index is 1.59. The molecule has 0 aromatic carbocycles. The Labute approximate surface area is 122 Å². The van der Waals surface area contributed by atoms with Crippen LogP contribution in [-0.2, 0) is 7.05 Å². The van der Waals surface area contributed by atoms with Crippen LogP contribution in [0.5, 0.6) is 11.6 Å². The van der Waals surface area contributed by atoms with Crippen LogP contribution in [0.15, 0.2) is 30.7 Å². The highest BCUT2D eigenvalue weighted by atomic mass is 16.5. The fourth-order valence-corrected chi connectivity index (χ4v) is 2.22. The number of hydrogen-bond acceptors (Lipinski definition) is 5. The van der Waals surface area contributed by atoms with Gasteiger partial charge >= 0.3 is 0 Å². The van der Waals surface area contributed by atoms with Crippen molar-refractivity contribution in [3.63, 3.8) is 0 Å². The molecule has 0 aliphatic carbocycles. The lowest BCUT2D eigenvalue weighted by Gasteiger charge is -2.38. The minimum atomic E-state index is -0.0917. The van der Waals surface area contributed by atoms with E-state index in [0.29, 0.717) is 30.3 Å². The quantitative estimate of drug-likeness (QED) is 0.829. The van der Waals surface area contributed by atoms with Gasteiger partial charge in [0, 0.05) is 19.4 Å². The van der Waals surface area contributed by atoms with Crippen molar-refractivity contribution in [3.05, 3.63) is 36.3 Å². The van der Waals surface area contributed by atoms with Crippen LogP contribution in [0.2, 0.25) is 0 Å². The van der Waals surface area contributed by atoms with Gasteiger partial charge in [-0.25, -0.2) is 0 Å². The molecule has 3 rings (SSSR count). The van der Waals surface area contributed by atoms with Crippen molar-refractivity contribution < 1.29 is 14.3 Å². The van der Waals surface area contributed by atoms with E-state index in [0.717, 1.165) is 0 Å². The molecule has 0 spiro atoms. The molecule has 0 saturated carbocycles. The van der Waals surface area contributed by atoms with Crippen molar-refractivity contribution in [2.24, 2.45) is 7.05 Å². The van der Waals surface area contributed by atoms with Gasteiger partial charge in [-0.15, -0.1) is 5.10 Å². The molecule has 1 amide bonds. The summed E-state index contributed by atoms with van der Waals surface area (Å²) in [4.78, 5) is 18.0. The molecule has 0 atom stereocenters. The van der Waals surface area contributed by atoms with Crippen LogP contribution in [0.4, 0.5) is 0 Å². The molecule has 0 unspecified atom stereocenters. The smallest absolute Gasteiger partial charge is 0.261 e. The standard InChI is InChI=1S/C14H16N4O3/c1-17-9-12(13(16-17)20-2)14(19)18-7-11(8-18)21-10-4-3-5-15-6-10/h3-6,9,11H,7-8H2,1-2H3. The van der Waals surface area contributed by atoms with Crippen LogP contribution in [0.1, 0.15) is 10.4 Å². The van der Waals surface area contributed by atoms with Crippen LogP contribution in [0.3, 0.4) is 0 Å². The van der Waals surface area contributed by atoms with Crippen LogP contribution < -0.4 is 9.47 Å². The Morgan fingerprint density at radius 1 is 1.43 bits per heavy atom. The first-order chi connectivity index (χ1) is 10.2. The summed E-state index contributed by atoms with van der Waals surface area (Å²) in [7, 11) is 3.26. The molecule has 21 heavy (non-hydrogen) atoms. The zero-order chi connectivity index (χ0) is 14.8. The number of aromatic nitrogens is 3. The van der Waals surface area contributed by atoms with Gasteiger partial charge in [0.25, 0.3) is 5.91 Å². The maximum atomic E-state index is 12.3. The first-order valence-corrected chi connectivity index (χ1v) is 6.61. The number of pyridine rings is 1. The molecule has 0 bridgehead atoms. The van der Waals surface area contributed by atoms with Gasteiger partial charge in [-0.1, -0.05) is 0 Å². The number of carbonyl (C=O) groups excluding carboxylic acids is 1. The average Bonchev–Trinajstić information content (AvgIpc) is 2.84. The Bertz CT molecular complexity index is 635. The van der Waals surface area contributed by atoms with Gasteiger partial charge < -0.3 is 14.4 Å². The molecule has 7 nitrogen and oxygen atoms in total. The van der Waals surface area contributed by atoms with Gasteiger partial charge in [-0.2, -0.15) is 0 Å². The van der Waals surface area contributed by atoms with E-state index < -0.39 is 0 Å². The maximum absolute atomic E-state index is 12.3. The number of hydrogen-bond donors (Lipinski definition) is 0. The van der Waals surface area contributed by atoms with E-state index in [1.165, 1.54) is 7.11 Å². The zero-order valence-corrected chi connectivity index (χ0v) is 11.9. The van der Waals surface area contributed by atoms with Crippen molar-refractivity contribution in [1.82, 2.24) is 19.7 Å². The average molecular weight is 288 g/mol. The summed E-state index contributed by atoms with van der Waals surface area (Å²) in [6, 6.07) is 3.67. The lowest BCUT2D eigenvalue weighted by atomic mass is 10.1. The second-order valence-corrected chi connectivity index (χ2v) is 4.86.